The highest BCUT2D eigenvalue weighted by molar-refractivity contribution is 8.18. The minimum atomic E-state index is -0.239. The second kappa shape index (κ2) is 7.23. The molecule has 3 rings (SSSR count). The Morgan fingerprint density at radius 3 is 2.80 bits per heavy atom. The number of amidine groups is 1. The molecule has 1 saturated heterocycles. The highest BCUT2D eigenvalue weighted by Gasteiger charge is 2.32. The maximum absolute atomic E-state index is 12.6. The fraction of sp³-hybridized carbons (Fsp3) is 0.0556. The summed E-state index contributed by atoms with van der Waals surface area (Å²) in [7, 11) is 0. The summed E-state index contributed by atoms with van der Waals surface area (Å²) < 4.78 is 0. The zero-order valence-electron chi connectivity index (χ0n) is 13.2. The number of phenolic OH excluding ortho intramolecular Hbond substituents is 2. The molecular formula is C18H15N3O3S. The van der Waals surface area contributed by atoms with Gasteiger partial charge >= 0.3 is 0 Å². The van der Waals surface area contributed by atoms with Gasteiger partial charge < -0.3 is 10.2 Å². The van der Waals surface area contributed by atoms with Gasteiger partial charge in [0.15, 0.2) is 16.7 Å². The normalized spacial score (nSPS) is 17.4. The third-order valence-electron chi connectivity index (χ3n) is 3.37. The maximum atomic E-state index is 12.6. The van der Waals surface area contributed by atoms with Crippen LogP contribution in [0.4, 0.5) is 5.69 Å². The maximum Gasteiger partial charge on any atom is 0.267 e. The molecule has 1 aliphatic heterocycles. The van der Waals surface area contributed by atoms with Crippen LogP contribution in [0.15, 0.2) is 65.3 Å². The molecule has 1 aromatic heterocycles. The van der Waals surface area contributed by atoms with E-state index in [0.717, 1.165) is 0 Å². The molecule has 0 radical (unpaired) electrons. The molecule has 1 aromatic carbocycles. The van der Waals surface area contributed by atoms with Crippen LogP contribution in [0.25, 0.3) is 6.08 Å². The molecule has 126 valence electrons. The summed E-state index contributed by atoms with van der Waals surface area (Å²) >= 11 is 1.23. The van der Waals surface area contributed by atoms with Crippen molar-refractivity contribution in [3.63, 3.8) is 0 Å². The molecule has 0 bridgehead atoms. The summed E-state index contributed by atoms with van der Waals surface area (Å²) in [6.45, 7) is 4.02. The summed E-state index contributed by atoms with van der Waals surface area (Å²) in [5.41, 5.74) is 1.25. The molecule has 0 spiro atoms. The van der Waals surface area contributed by atoms with Crippen molar-refractivity contribution in [2.75, 3.05) is 6.54 Å². The summed E-state index contributed by atoms with van der Waals surface area (Å²) in [4.78, 5) is 23.1. The van der Waals surface area contributed by atoms with Gasteiger partial charge in [0, 0.05) is 12.7 Å². The zero-order valence-corrected chi connectivity index (χ0v) is 14.0. The van der Waals surface area contributed by atoms with E-state index in [4.69, 9.17) is 0 Å². The van der Waals surface area contributed by atoms with E-state index in [1.165, 1.54) is 28.8 Å². The van der Waals surface area contributed by atoms with Crippen molar-refractivity contribution < 1.29 is 15.0 Å². The fourth-order valence-corrected chi connectivity index (χ4v) is 3.20. The first-order chi connectivity index (χ1) is 12.1. The summed E-state index contributed by atoms with van der Waals surface area (Å²) in [5, 5.41) is 19.5. The average Bonchev–Trinajstić information content (AvgIpc) is 2.88. The van der Waals surface area contributed by atoms with Gasteiger partial charge in [-0.05, 0) is 47.7 Å². The Morgan fingerprint density at radius 1 is 1.28 bits per heavy atom. The van der Waals surface area contributed by atoms with Gasteiger partial charge in [-0.3, -0.25) is 14.7 Å². The Hall–Kier alpha value is -3.06. The number of carbonyl (C=O) groups excluding carboxylic acids is 1. The van der Waals surface area contributed by atoms with E-state index in [9.17, 15) is 15.0 Å². The SMILES string of the molecule is C=CCN1C(=O)/C(=C/c2ccc(O)c(O)c2)SC1=Nc1cccnc1. The number of phenols is 2. The van der Waals surface area contributed by atoms with E-state index in [0.29, 0.717) is 27.9 Å². The number of aromatic hydroxyl groups is 2. The van der Waals surface area contributed by atoms with Crippen LogP contribution in [0.2, 0.25) is 0 Å². The van der Waals surface area contributed by atoms with E-state index in [2.05, 4.69) is 16.6 Å². The van der Waals surface area contributed by atoms with Crippen LogP contribution in [-0.2, 0) is 4.79 Å². The Bertz CT molecular complexity index is 878. The molecule has 6 nitrogen and oxygen atoms in total. The van der Waals surface area contributed by atoms with Crippen molar-refractivity contribution in [2.45, 2.75) is 0 Å². The summed E-state index contributed by atoms with van der Waals surface area (Å²) in [5.74, 6) is -0.642. The number of aliphatic imine (C=N–C) groups is 1. The third kappa shape index (κ3) is 3.72. The molecule has 0 atom stereocenters. The first kappa shape index (κ1) is 16.8. The fourth-order valence-electron chi connectivity index (χ4n) is 2.19. The van der Waals surface area contributed by atoms with Gasteiger partial charge in [0.1, 0.15) is 0 Å². The van der Waals surface area contributed by atoms with Crippen LogP contribution in [0.3, 0.4) is 0 Å². The number of thioether (sulfide) groups is 1. The zero-order chi connectivity index (χ0) is 17.8. The average molecular weight is 353 g/mol. The van der Waals surface area contributed by atoms with E-state index >= 15 is 0 Å². The largest absolute Gasteiger partial charge is 0.504 e. The molecule has 2 aromatic rings. The lowest BCUT2D eigenvalue weighted by atomic mass is 10.2. The van der Waals surface area contributed by atoms with Crippen molar-refractivity contribution in [2.24, 2.45) is 4.99 Å². The molecule has 7 heteroatoms. The lowest BCUT2D eigenvalue weighted by molar-refractivity contribution is -0.121. The topological polar surface area (TPSA) is 86.0 Å². The minimum absolute atomic E-state index is 0.194. The van der Waals surface area contributed by atoms with Crippen molar-refractivity contribution in [1.29, 1.82) is 0 Å². The van der Waals surface area contributed by atoms with E-state index in [1.54, 1.807) is 42.7 Å². The molecule has 1 amide bonds. The number of rotatable bonds is 4. The quantitative estimate of drug-likeness (QED) is 0.500. The molecule has 1 fully saturated rings. The number of amides is 1. The first-order valence-electron chi connectivity index (χ1n) is 7.41. The molecule has 25 heavy (non-hydrogen) atoms. The molecule has 1 aliphatic rings. The summed E-state index contributed by atoms with van der Waals surface area (Å²) in [6.07, 6.45) is 6.55. The van der Waals surface area contributed by atoms with Gasteiger partial charge in [0.2, 0.25) is 0 Å². The van der Waals surface area contributed by atoms with Crippen molar-refractivity contribution in [3.8, 4) is 11.5 Å². The van der Waals surface area contributed by atoms with Gasteiger partial charge in [-0.25, -0.2) is 4.99 Å². The standard InChI is InChI=1S/C18H15N3O3S/c1-2-8-21-17(24)16(10-12-5-6-14(22)15(23)9-12)25-18(21)20-13-4-3-7-19-11-13/h2-7,9-11,22-23H,1,8H2/b16-10-,20-18?. The number of pyridine rings is 1. The molecule has 0 unspecified atom stereocenters. The van der Waals surface area contributed by atoms with Gasteiger partial charge in [0.05, 0.1) is 16.8 Å². The van der Waals surface area contributed by atoms with Crippen LogP contribution in [0.1, 0.15) is 5.56 Å². The Labute approximate surface area is 148 Å². The van der Waals surface area contributed by atoms with E-state index in [-0.39, 0.29) is 17.4 Å². The van der Waals surface area contributed by atoms with Crippen molar-refractivity contribution >= 4 is 34.6 Å². The highest BCUT2D eigenvalue weighted by Crippen LogP contribution is 2.35. The number of aromatic nitrogens is 1. The smallest absolute Gasteiger partial charge is 0.267 e. The third-order valence-corrected chi connectivity index (χ3v) is 4.37. The lowest BCUT2D eigenvalue weighted by Gasteiger charge is -2.12. The minimum Gasteiger partial charge on any atom is -0.504 e. The monoisotopic (exact) mass is 353 g/mol. The van der Waals surface area contributed by atoms with Crippen LogP contribution in [-0.4, -0.2) is 37.7 Å². The number of hydrogen-bond acceptors (Lipinski definition) is 6. The highest BCUT2D eigenvalue weighted by atomic mass is 32.2. The second-order valence-corrected chi connectivity index (χ2v) is 6.18. The van der Waals surface area contributed by atoms with Gasteiger partial charge in [0.25, 0.3) is 5.91 Å². The Balaban J connectivity index is 1.95. The molecule has 2 heterocycles. The molecular weight excluding hydrogens is 338 g/mol. The molecule has 0 aliphatic carbocycles. The van der Waals surface area contributed by atoms with Crippen LogP contribution in [0.5, 0.6) is 11.5 Å². The second-order valence-electron chi connectivity index (χ2n) is 5.17. The molecule has 0 saturated carbocycles. The van der Waals surface area contributed by atoms with Gasteiger partial charge in [-0.15, -0.1) is 6.58 Å². The molecule has 2 N–H and O–H groups in total. The Kier molecular flexibility index (Phi) is 4.85. The van der Waals surface area contributed by atoms with E-state index in [1.807, 2.05) is 0 Å². The number of benzene rings is 1. The van der Waals surface area contributed by atoms with Gasteiger partial charge in [-0.1, -0.05) is 12.1 Å². The Morgan fingerprint density at radius 2 is 2.12 bits per heavy atom. The number of carbonyl (C=O) groups is 1. The van der Waals surface area contributed by atoms with Crippen molar-refractivity contribution in [1.82, 2.24) is 9.88 Å². The number of hydrogen-bond donors (Lipinski definition) is 2. The van der Waals surface area contributed by atoms with Crippen LogP contribution >= 0.6 is 11.8 Å². The van der Waals surface area contributed by atoms with E-state index < -0.39 is 0 Å². The summed E-state index contributed by atoms with van der Waals surface area (Å²) in [6, 6.07) is 7.96. The number of nitrogens with zero attached hydrogens (tertiary/aromatic N) is 3. The predicted octanol–water partition coefficient (Wildman–Crippen LogP) is 3.28. The van der Waals surface area contributed by atoms with Crippen LogP contribution < -0.4 is 0 Å². The van der Waals surface area contributed by atoms with Gasteiger partial charge in [-0.2, -0.15) is 0 Å². The first-order valence-corrected chi connectivity index (χ1v) is 8.23. The lowest BCUT2D eigenvalue weighted by Crippen LogP contribution is -2.29. The van der Waals surface area contributed by atoms with Crippen molar-refractivity contribution in [3.05, 3.63) is 65.8 Å². The predicted molar refractivity (Wildman–Crippen MR) is 98.6 cm³/mol. The van der Waals surface area contributed by atoms with Crippen LogP contribution in [0, 0.1) is 0 Å².